The fourth-order valence-corrected chi connectivity index (χ4v) is 2.12. The van der Waals surface area contributed by atoms with Crippen LogP contribution in [0.5, 0.6) is 5.75 Å². The quantitative estimate of drug-likeness (QED) is 0.620. The molecule has 0 aliphatic heterocycles. The first-order chi connectivity index (χ1) is 10.1. The highest BCUT2D eigenvalue weighted by atomic mass is 16.5. The third-order valence-electron chi connectivity index (χ3n) is 3.17. The van der Waals surface area contributed by atoms with Crippen molar-refractivity contribution in [1.29, 1.82) is 0 Å². The van der Waals surface area contributed by atoms with Gasteiger partial charge in [0.25, 0.3) is 0 Å². The van der Waals surface area contributed by atoms with Crippen molar-refractivity contribution in [1.82, 2.24) is 9.78 Å². The molecule has 1 aromatic carbocycles. The van der Waals surface area contributed by atoms with Crippen molar-refractivity contribution in [2.24, 2.45) is 0 Å². The Morgan fingerprint density at radius 3 is 2.71 bits per heavy atom. The zero-order valence-corrected chi connectivity index (χ0v) is 12.1. The molecule has 2 rings (SSSR count). The Morgan fingerprint density at radius 2 is 2.14 bits per heavy atom. The molecule has 1 aromatic heterocycles. The number of aryl methyl sites for hydroxylation is 1. The highest BCUT2D eigenvalue weighted by Gasteiger charge is 2.17. The van der Waals surface area contributed by atoms with Crippen molar-refractivity contribution >= 4 is 12.3 Å². The van der Waals surface area contributed by atoms with Gasteiger partial charge in [0.1, 0.15) is 11.4 Å². The van der Waals surface area contributed by atoms with Gasteiger partial charge in [0.15, 0.2) is 6.29 Å². The van der Waals surface area contributed by atoms with Gasteiger partial charge >= 0.3 is 5.97 Å². The van der Waals surface area contributed by atoms with E-state index in [4.69, 9.17) is 9.47 Å². The summed E-state index contributed by atoms with van der Waals surface area (Å²) in [4.78, 5) is 22.7. The van der Waals surface area contributed by atoms with Crippen molar-refractivity contribution in [2.45, 2.75) is 13.5 Å². The standard InChI is InChI=1S/C15H16N2O4/c1-10-7-17(16-13(10)9-18)8-12-11(15(19)21-3)5-4-6-14(12)20-2/h4-7,9H,8H2,1-3H3. The van der Waals surface area contributed by atoms with Gasteiger partial charge in [-0.2, -0.15) is 5.10 Å². The van der Waals surface area contributed by atoms with E-state index in [1.54, 1.807) is 36.0 Å². The number of hydrogen-bond acceptors (Lipinski definition) is 5. The third kappa shape index (κ3) is 2.94. The molecule has 0 saturated carbocycles. The molecule has 0 aliphatic carbocycles. The summed E-state index contributed by atoms with van der Waals surface area (Å²) >= 11 is 0. The lowest BCUT2D eigenvalue weighted by atomic mass is 10.1. The minimum Gasteiger partial charge on any atom is -0.496 e. The highest BCUT2D eigenvalue weighted by Crippen LogP contribution is 2.24. The second-order valence-electron chi connectivity index (χ2n) is 4.49. The van der Waals surface area contributed by atoms with Crippen molar-refractivity contribution in [3.05, 3.63) is 46.8 Å². The number of carbonyl (C=O) groups is 2. The summed E-state index contributed by atoms with van der Waals surface area (Å²) in [6, 6.07) is 5.15. The molecule has 21 heavy (non-hydrogen) atoms. The maximum Gasteiger partial charge on any atom is 0.338 e. The maximum absolute atomic E-state index is 11.9. The average molecular weight is 288 g/mol. The summed E-state index contributed by atoms with van der Waals surface area (Å²) in [7, 11) is 2.86. The molecule has 0 radical (unpaired) electrons. The highest BCUT2D eigenvalue weighted by molar-refractivity contribution is 5.91. The zero-order chi connectivity index (χ0) is 15.4. The molecule has 0 bridgehead atoms. The molecular weight excluding hydrogens is 272 g/mol. The topological polar surface area (TPSA) is 70.4 Å². The fourth-order valence-electron chi connectivity index (χ4n) is 2.12. The number of aromatic nitrogens is 2. The van der Waals surface area contributed by atoms with E-state index in [0.29, 0.717) is 35.4 Å². The molecule has 0 saturated heterocycles. The Morgan fingerprint density at radius 1 is 1.38 bits per heavy atom. The van der Waals surface area contributed by atoms with Crippen LogP contribution in [0.4, 0.5) is 0 Å². The van der Waals surface area contributed by atoms with Crippen LogP contribution in [-0.4, -0.2) is 36.3 Å². The Hall–Kier alpha value is -2.63. The molecule has 0 amide bonds. The summed E-state index contributed by atoms with van der Waals surface area (Å²) in [6.45, 7) is 2.11. The summed E-state index contributed by atoms with van der Waals surface area (Å²) in [5.41, 5.74) is 2.23. The molecule has 6 heteroatoms. The van der Waals surface area contributed by atoms with Gasteiger partial charge in [-0.25, -0.2) is 4.79 Å². The molecule has 2 aromatic rings. The maximum atomic E-state index is 11.9. The second-order valence-corrected chi connectivity index (χ2v) is 4.49. The van der Waals surface area contributed by atoms with Gasteiger partial charge in [-0.15, -0.1) is 0 Å². The van der Waals surface area contributed by atoms with E-state index in [9.17, 15) is 9.59 Å². The number of nitrogens with zero attached hydrogens (tertiary/aromatic N) is 2. The van der Waals surface area contributed by atoms with Crippen LogP contribution in [-0.2, 0) is 11.3 Å². The van der Waals surface area contributed by atoms with E-state index in [0.717, 1.165) is 5.56 Å². The van der Waals surface area contributed by atoms with Crippen LogP contribution in [0.2, 0.25) is 0 Å². The van der Waals surface area contributed by atoms with Crippen LogP contribution in [0, 0.1) is 6.92 Å². The monoisotopic (exact) mass is 288 g/mol. The predicted molar refractivity (Wildman–Crippen MR) is 75.8 cm³/mol. The first-order valence-electron chi connectivity index (χ1n) is 6.34. The van der Waals surface area contributed by atoms with Gasteiger partial charge in [0.05, 0.1) is 26.3 Å². The van der Waals surface area contributed by atoms with Crippen molar-refractivity contribution in [3.8, 4) is 5.75 Å². The van der Waals surface area contributed by atoms with E-state index >= 15 is 0 Å². The number of ether oxygens (including phenoxy) is 2. The van der Waals surface area contributed by atoms with E-state index in [-0.39, 0.29) is 0 Å². The molecule has 0 spiro atoms. The lowest BCUT2D eigenvalue weighted by Crippen LogP contribution is -2.11. The first-order valence-corrected chi connectivity index (χ1v) is 6.34. The van der Waals surface area contributed by atoms with Gasteiger partial charge in [-0.1, -0.05) is 6.07 Å². The van der Waals surface area contributed by atoms with Crippen LogP contribution in [0.1, 0.15) is 32.0 Å². The number of methoxy groups -OCH3 is 2. The van der Waals surface area contributed by atoms with E-state index in [2.05, 4.69) is 5.10 Å². The number of carbonyl (C=O) groups excluding carboxylic acids is 2. The molecule has 0 aliphatic rings. The Kier molecular flexibility index (Phi) is 4.37. The molecule has 110 valence electrons. The van der Waals surface area contributed by atoms with Gasteiger partial charge < -0.3 is 9.47 Å². The van der Waals surface area contributed by atoms with Crippen molar-refractivity contribution < 1.29 is 19.1 Å². The molecule has 0 atom stereocenters. The van der Waals surface area contributed by atoms with Crippen LogP contribution in [0.3, 0.4) is 0 Å². The van der Waals surface area contributed by atoms with Crippen LogP contribution in [0.15, 0.2) is 24.4 Å². The van der Waals surface area contributed by atoms with Crippen molar-refractivity contribution in [3.63, 3.8) is 0 Å². The van der Waals surface area contributed by atoms with Gasteiger partial charge in [-0.3, -0.25) is 9.48 Å². The van der Waals surface area contributed by atoms with E-state index < -0.39 is 5.97 Å². The number of rotatable bonds is 5. The van der Waals surface area contributed by atoms with Crippen LogP contribution >= 0.6 is 0 Å². The molecule has 1 heterocycles. The normalized spacial score (nSPS) is 10.2. The van der Waals surface area contributed by atoms with E-state index in [1.807, 2.05) is 0 Å². The Bertz CT molecular complexity index is 676. The Labute approximate surface area is 122 Å². The predicted octanol–water partition coefficient (Wildman–Crippen LogP) is 1.85. The number of hydrogen-bond donors (Lipinski definition) is 0. The van der Waals surface area contributed by atoms with Gasteiger partial charge in [0, 0.05) is 11.8 Å². The molecule has 0 N–H and O–H groups in total. The van der Waals surface area contributed by atoms with Gasteiger partial charge in [-0.05, 0) is 24.6 Å². The van der Waals surface area contributed by atoms with Crippen molar-refractivity contribution in [2.75, 3.05) is 14.2 Å². The zero-order valence-electron chi connectivity index (χ0n) is 12.1. The summed E-state index contributed by atoms with van der Waals surface area (Å²) in [5.74, 6) is 0.127. The molecule has 0 fully saturated rings. The summed E-state index contributed by atoms with van der Waals surface area (Å²) < 4.78 is 11.7. The van der Waals surface area contributed by atoms with Crippen LogP contribution < -0.4 is 4.74 Å². The smallest absolute Gasteiger partial charge is 0.338 e. The summed E-state index contributed by atoms with van der Waals surface area (Å²) in [5, 5.41) is 4.17. The number of benzene rings is 1. The minimum atomic E-state index is -0.441. The molecular formula is C15H16N2O4. The largest absolute Gasteiger partial charge is 0.496 e. The summed E-state index contributed by atoms with van der Waals surface area (Å²) in [6.07, 6.45) is 2.45. The number of esters is 1. The van der Waals surface area contributed by atoms with Gasteiger partial charge in [0.2, 0.25) is 0 Å². The molecule has 6 nitrogen and oxygen atoms in total. The second kappa shape index (κ2) is 6.21. The molecule has 0 unspecified atom stereocenters. The lowest BCUT2D eigenvalue weighted by molar-refractivity contribution is 0.0598. The average Bonchev–Trinajstić information content (AvgIpc) is 2.86. The van der Waals surface area contributed by atoms with Crippen LogP contribution in [0.25, 0.3) is 0 Å². The minimum absolute atomic E-state index is 0.309. The fraction of sp³-hybridized carbons (Fsp3) is 0.267. The first kappa shape index (κ1) is 14.8. The SMILES string of the molecule is COC(=O)c1cccc(OC)c1Cn1cc(C)c(C=O)n1. The third-order valence-corrected chi connectivity index (χ3v) is 3.17. The lowest BCUT2D eigenvalue weighted by Gasteiger charge is -2.12. The van der Waals surface area contributed by atoms with E-state index in [1.165, 1.54) is 14.2 Å². The number of aldehydes is 1. The Balaban J connectivity index is 2.45.